The standard InChI is InChI=1S/C27H34N6O5/c1-3-38-27(36)19-6-9-31(10-7-19)25(34)20-17-21-24(29-23-18(2)5-4-8-33(23)26(21)35)32(22(20)28)12-11-30-13-15-37-16-14-30/h4-5,8,17,19,28H,3,6-7,9-16H2,1-2H3. The highest BCUT2D eigenvalue weighted by Crippen LogP contribution is 2.21. The van der Waals surface area contributed by atoms with Crippen LogP contribution in [-0.4, -0.2) is 88.2 Å². The van der Waals surface area contributed by atoms with Crippen molar-refractivity contribution in [3.63, 3.8) is 0 Å². The first-order chi connectivity index (χ1) is 18.4. The smallest absolute Gasteiger partial charge is 0.309 e. The maximum Gasteiger partial charge on any atom is 0.309 e. The summed E-state index contributed by atoms with van der Waals surface area (Å²) in [5.41, 5.74) is 1.71. The summed E-state index contributed by atoms with van der Waals surface area (Å²) in [6, 6.07) is 5.21. The number of amides is 1. The second-order valence-corrected chi connectivity index (χ2v) is 9.87. The van der Waals surface area contributed by atoms with Crippen molar-refractivity contribution in [1.82, 2.24) is 23.8 Å². The molecule has 3 aromatic heterocycles. The number of aromatic nitrogens is 3. The molecule has 0 saturated carbocycles. The lowest BCUT2D eigenvalue weighted by Gasteiger charge is -2.31. The molecule has 2 saturated heterocycles. The van der Waals surface area contributed by atoms with Crippen LogP contribution >= 0.6 is 0 Å². The molecule has 2 fully saturated rings. The van der Waals surface area contributed by atoms with Gasteiger partial charge in [0.2, 0.25) is 0 Å². The Kier molecular flexibility index (Phi) is 7.57. The van der Waals surface area contributed by atoms with E-state index >= 15 is 0 Å². The average molecular weight is 523 g/mol. The van der Waals surface area contributed by atoms with Crippen molar-refractivity contribution in [2.75, 3.05) is 52.5 Å². The third-order valence-corrected chi connectivity index (χ3v) is 7.51. The second-order valence-electron chi connectivity index (χ2n) is 9.87. The van der Waals surface area contributed by atoms with Gasteiger partial charge in [0.1, 0.15) is 16.8 Å². The number of hydrogen-bond acceptors (Lipinski definition) is 8. The minimum Gasteiger partial charge on any atom is -0.466 e. The molecule has 0 radical (unpaired) electrons. The molecule has 0 spiro atoms. The highest BCUT2D eigenvalue weighted by Gasteiger charge is 2.30. The largest absolute Gasteiger partial charge is 0.466 e. The Morgan fingerprint density at radius 3 is 2.58 bits per heavy atom. The maximum absolute atomic E-state index is 13.7. The van der Waals surface area contributed by atoms with Gasteiger partial charge in [-0.1, -0.05) is 6.07 Å². The van der Waals surface area contributed by atoms with E-state index in [0.29, 0.717) is 75.5 Å². The van der Waals surface area contributed by atoms with E-state index in [4.69, 9.17) is 19.9 Å². The number of piperidine rings is 1. The van der Waals surface area contributed by atoms with Gasteiger partial charge in [0.25, 0.3) is 11.5 Å². The molecule has 5 rings (SSSR count). The Hall–Kier alpha value is -3.57. The summed E-state index contributed by atoms with van der Waals surface area (Å²) in [6.45, 7) is 8.74. The van der Waals surface area contributed by atoms with E-state index in [1.807, 2.05) is 13.0 Å². The number of fused-ring (bicyclic) bond motifs is 2. The molecule has 1 N–H and O–H groups in total. The molecule has 202 valence electrons. The number of rotatable bonds is 6. The Morgan fingerprint density at radius 2 is 1.87 bits per heavy atom. The van der Waals surface area contributed by atoms with E-state index in [1.54, 1.807) is 28.7 Å². The minimum atomic E-state index is -0.312. The zero-order chi connectivity index (χ0) is 26.8. The minimum absolute atomic E-state index is 0.0353. The molecule has 0 bridgehead atoms. The molecule has 11 nitrogen and oxygen atoms in total. The van der Waals surface area contributed by atoms with Crippen molar-refractivity contribution >= 4 is 28.6 Å². The summed E-state index contributed by atoms with van der Waals surface area (Å²) in [5, 5.41) is 9.34. The fourth-order valence-electron chi connectivity index (χ4n) is 5.29. The number of nitrogens with zero attached hydrogens (tertiary/aromatic N) is 5. The molecule has 2 aliphatic heterocycles. The molecule has 11 heteroatoms. The van der Waals surface area contributed by atoms with E-state index in [9.17, 15) is 14.4 Å². The summed E-state index contributed by atoms with van der Waals surface area (Å²) >= 11 is 0. The van der Waals surface area contributed by atoms with E-state index in [2.05, 4.69) is 4.90 Å². The molecule has 2 aliphatic rings. The quantitative estimate of drug-likeness (QED) is 0.381. The Bertz CT molecular complexity index is 1480. The van der Waals surface area contributed by atoms with Crippen molar-refractivity contribution in [2.45, 2.75) is 33.2 Å². The zero-order valence-corrected chi connectivity index (χ0v) is 21.9. The van der Waals surface area contributed by atoms with Crippen molar-refractivity contribution in [2.24, 2.45) is 5.92 Å². The van der Waals surface area contributed by atoms with Crippen LogP contribution in [0, 0.1) is 18.3 Å². The van der Waals surface area contributed by atoms with Crippen LogP contribution in [0.25, 0.3) is 16.7 Å². The summed E-state index contributed by atoms with van der Waals surface area (Å²) in [6.07, 6.45) is 2.69. The summed E-state index contributed by atoms with van der Waals surface area (Å²) < 4.78 is 13.8. The van der Waals surface area contributed by atoms with Gasteiger partial charge in [-0.3, -0.25) is 29.1 Å². The van der Waals surface area contributed by atoms with Gasteiger partial charge in [-0.15, -0.1) is 0 Å². The van der Waals surface area contributed by atoms with E-state index < -0.39 is 0 Å². The van der Waals surface area contributed by atoms with E-state index in [0.717, 1.165) is 18.7 Å². The molecular formula is C27H34N6O5. The summed E-state index contributed by atoms with van der Waals surface area (Å²) in [4.78, 5) is 48.1. The zero-order valence-electron chi connectivity index (χ0n) is 21.9. The monoisotopic (exact) mass is 522 g/mol. The number of nitrogens with one attached hydrogen (secondary N) is 1. The second kappa shape index (κ2) is 11.0. The van der Waals surface area contributed by atoms with Crippen molar-refractivity contribution in [3.05, 3.63) is 51.4 Å². The molecule has 0 aromatic carbocycles. The highest BCUT2D eigenvalue weighted by molar-refractivity contribution is 5.97. The fourth-order valence-corrected chi connectivity index (χ4v) is 5.29. The van der Waals surface area contributed by atoms with Gasteiger partial charge in [0.05, 0.1) is 36.7 Å². The van der Waals surface area contributed by atoms with Crippen LogP contribution in [0.5, 0.6) is 0 Å². The van der Waals surface area contributed by atoms with Crippen molar-refractivity contribution in [3.8, 4) is 0 Å². The molecule has 0 aliphatic carbocycles. The van der Waals surface area contributed by atoms with Crippen molar-refractivity contribution in [1.29, 1.82) is 5.41 Å². The molecular weight excluding hydrogens is 488 g/mol. The Labute approximate surface area is 220 Å². The van der Waals surface area contributed by atoms with Crippen LogP contribution in [0.4, 0.5) is 0 Å². The number of hydrogen-bond donors (Lipinski definition) is 1. The number of carbonyl (C=O) groups is 2. The number of pyridine rings is 2. The summed E-state index contributed by atoms with van der Waals surface area (Å²) in [7, 11) is 0. The molecule has 1 amide bonds. The first-order valence-electron chi connectivity index (χ1n) is 13.2. The van der Waals surface area contributed by atoms with Gasteiger partial charge in [-0.05, 0) is 44.4 Å². The van der Waals surface area contributed by atoms with Gasteiger partial charge >= 0.3 is 5.97 Å². The SMILES string of the molecule is CCOC(=O)C1CCN(C(=O)c2cc3c(=O)n4cccc(C)c4nc3n(CCN3CCOCC3)c2=N)CC1. The van der Waals surface area contributed by atoms with Gasteiger partial charge in [-0.25, -0.2) is 4.98 Å². The van der Waals surface area contributed by atoms with Gasteiger partial charge in [-0.2, -0.15) is 0 Å². The predicted octanol–water partition coefficient (Wildman–Crippen LogP) is 1.18. The molecule has 0 unspecified atom stereocenters. The van der Waals surface area contributed by atoms with Crippen LogP contribution in [0.1, 0.15) is 35.7 Å². The first-order valence-corrected chi connectivity index (χ1v) is 13.2. The number of morpholine rings is 1. The topological polar surface area (TPSA) is 122 Å². The van der Waals surface area contributed by atoms with Gasteiger partial charge in [0.15, 0.2) is 0 Å². The average Bonchev–Trinajstić information content (AvgIpc) is 2.93. The number of aryl methyl sites for hydroxylation is 1. The Balaban J connectivity index is 1.54. The Morgan fingerprint density at radius 1 is 1.13 bits per heavy atom. The first kappa shape index (κ1) is 26.1. The molecule has 0 atom stereocenters. The lowest BCUT2D eigenvalue weighted by Crippen LogP contribution is -2.44. The van der Waals surface area contributed by atoms with Crippen LogP contribution in [-0.2, 0) is 20.8 Å². The van der Waals surface area contributed by atoms with Crippen LogP contribution < -0.4 is 11.0 Å². The predicted molar refractivity (Wildman–Crippen MR) is 140 cm³/mol. The molecule has 38 heavy (non-hydrogen) atoms. The molecule has 5 heterocycles. The third kappa shape index (κ3) is 4.95. The lowest BCUT2D eigenvalue weighted by molar-refractivity contribution is -0.149. The van der Waals surface area contributed by atoms with Gasteiger partial charge in [0, 0.05) is 45.5 Å². The van der Waals surface area contributed by atoms with Crippen LogP contribution in [0.15, 0.2) is 29.2 Å². The van der Waals surface area contributed by atoms with E-state index in [-0.39, 0.29) is 34.4 Å². The number of ether oxygens (including phenoxy) is 2. The van der Waals surface area contributed by atoms with Crippen LogP contribution in [0.2, 0.25) is 0 Å². The normalized spacial score (nSPS) is 17.3. The maximum atomic E-state index is 13.7. The lowest BCUT2D eigenvalue weighted by atomic mass is 9.96. The number of likely N-dealkylation sites (tertiary alicyclic amines) is 1. The van der Waals surface area contributed by atoms with Crippen molar-refractivity contribution < 1.29 is 19.1 Å². The fraction of sp³-hybridized carbons (Fsp3) is 0.519. The number of carbonyl (C=O) groups excluding carboxylic acids is 2. The van der Waals surface area contributed by atoms with Gasteiger partial charge < -0.3 is 18.9 Å². The van der Waals surface area contributed by atoms with E-state index in [1.165, 1.54) is 10.5 Å². The third-order valence-electron chi connectivity index (χ3n) is 7.51. The number of esters is 1. The molecule has 3 aromatic rings. The highest BCUT2D eigenvalue weighted by atomic mass is 16.5. The van der Waals surface area contributed by atoms with Crippen LogP contribution in [0.3, 0.4) is 0 Å². The summed E-state index contributed by atoms with van der Waals surface area (Å²) in [5.74, 6) is -0.769.